The van der Waals surface area contributed by atoms with E-state index in [9.17, 15) is 9.59 Å². The van der Waals surface area contributed by atoms with E-state index in [1.807, 2.05) is 19.6 Å². The van der Waals surface area contributed by atoms with Crippen molar-refractivity contribution in [2.24, 2.45) is 0 Å². The summed E-state index contributed by atoms with van der Waals surface area (Å²) in [5, 5.41) is 0. The van der Waals surface area contributed by atoms with Crippen molar-refractivity contribution in [3.63, 3.8) is 0 Å². The molecular formula is C11H22O5Si. The Labute approximate surface area is 104 Å². The predicted octanol–water partition coefficient (Wildman–Crippen LogP) is 1.72. The topological polar surface area (TPSA) is 61.8 Å². The van der Waals surface area contributed by atoms with Gasteiger partial charge in [-0.15, -0.1) is 0 Å². The monoisotopic (exact) mass is 262 g/mol. The molecule has 0 aliphatic rings. The molecule has 0 saturated carbocycles. The second-order valence-corrected chi connectivity index (χ2v) is 8.94. The molecule has 0 radical (unpaired) electrons. The minimum absolute atomic E-state index is 0.0864. The van der Waals surface area contributed by atoms with Crippen LogP contribution in [0.2, 0.25) is 19.6 Å². The van der Waals surface area contributed by atoms with Crippen molar-refractivity contribution in [2.75, 3.05) is 13.2 Å². The molecule has 0 heterocycles. The highest BCUT2D eigenvalue weighted by Crippen LogP contribution is 2.12. The lowest BCUT2D eigenvalue weighted by Gasteiger charge is -2.24. The number of hydrogen-bond donors (Lipinski definition) is 0. The first-order chi connectivity index (χ1) is 7.80. The Morgan fingerprint density at radius 3 is 2.00 bits per heavy atom. The summed E-state index contributed by atoms with van der Waals surface area (Å²) in [6.07, 6.45) is -0.933. The molecule has 0 fully saturated rings. The summed E-state index contributed by atoms with van der Waals surface area (Å²) >= 11 is 0. The maximum absolute atomic E-state index is 11.6. The molecule has 100 valence electrons. The normalized spacial score (nSPS) is 13.0. The van der Waals surface area contributed by atoms with Gasteiger partial charge >= 0.3 is 11.9 Å². The molecule has 0 aliphatic carbocycles. The first-order valence-corrected chi connectivity index (χ1v) is 9.21. The molecule has 0 aromatic carbocycles. The quantitative estimate of drug-likeness (QED) is 0.516. The molecule has 0 rings (SSSR count). The van der Waals surface area contributed by atoms with Gasteiger partial charge in [0.1, 0.15) is 0 Å². The Bertz CT molecular complexity index is 259. The van der Waals surface area contributed by atoms with Crippen molar-refractivity contribution < 1.29 is 23.5 Å². The number of carbonyl (C=O) groups is 2. The van der Waals surface area contributed by atoms with Crippen LogP contribution >= 0.6 is 0 Å². The van der Waals surface area contributed by atoms with Gasteiger partial charge in [0.15, 0.2) is 14.4 Å². The summed E-state index contributed by atoms with van der Waals surface area (Å²) in [4.78, 5) is 23.0. The maximum atomic E-state index is 11.6. The number of rotatable bonds is 7. The van der Waals surface area contributed by atoms with Gasteiger partial charge in [0.2, 0.25) is 0 Å². The zero-order chi connectivity index (χ0) is 13.5. The van der Waals surface area contributed by atoms with Crippen LogP contribution in [-0.2, 0) is 23.5 Å². The zero-order valence-corrected chi connectivity index (χ0v) is 12.2. The van der Waals surface area contributed by atoms with E-state index in [-0.39, 0.29) is 13.0 Å². The van der Waals surface area contributed by atoms with Gasteiger partial charge in [0, 0.05) is 0 Å². The molecule has 0 saturated heterocycles. The second-order valence-electron chi connectivity index (χ2n) is 4.48. The molecule has 5 nitrogen and oxygen atoms in total. The van der Waals surface area contributed by atoms with Crippen molar-refractivity contribution >= 4 is 20.3 Å². The smallest absolute Gasteiger partial charge is 0.334 e. The first-order valence-electron chi connectivity index (χ1n) is 5.80. The van der Waals surface area contributed by atoms with E-state index in [4.69, 9.17) is 13.9 Å². The highest BCUT2D eigenvalue weighted by atomic mass is 28.4. The van der Waals surface area contributed by atoms with E-state index >= 15 is 0 Å². The largest absolute Gasteiger partial charge is 0.466 e. The van der Waals surface area contributed by atoms with Gasteiger partial charge in [-0.25, -0.2) is 4.79 Å². The Kier molecular flexibility index (Phi) is 7.06. The summed E-state index contributed by atoms with van der Waals surface area (Å²) < 4.78 is 15.3. The maximum Gasteiger partial charge on any atom is 0.334 e. The fourth-order valence-electron chi connectivity index (χ4n) is 1.21. The van der Waals surface area contributed by atoms with E-state index in [1.165, 1.54) is 0 Å². The lowest BCUT2D eigenvalue weighted by Crippen LogP contribution is -2.39. The Balaban J connectivity index is 4.50. The first kappa shape index (κ1) is 16.1. The van der Waals surface area contributed by atoms with Crippen molar-refractivity contribution in [3.8, 4) is 0 Å². The van der Waals surface area contributed by atoms with Crippen molar-refractivity contribution in [1.29, 1.82) is 0 Å². The zero-order valence-electron chi connectivity index (χ0n) is 11.2. The van der Waals surface area contributed by atoms with E-state index < -0.39 is 26.4 Å². The summed E-state index contributed by atoms with van der Waals surface area (Å²) in [5.74, 6) is -0.938. The van der Waals surface area contributed by atoms with Gasteiger partial charge in [0.05, 0.1) is 19.6 Å². The summed E-state index contributed by atoms with van der Waals surface area (Å²) in [7, 11) is -1.91. The third kappa shape index (κ3) is 7.92. The standard InChI is InChI=1S/C11H22O5Si/c1-6-14-10(12)8-9(11(13)15-7-2)16-17(3,4)5/h9H,6-8H2,1-5H3. The van der Waals surface area contributed by atoms with Crippen LogP contribution in [0.25, 0.3) is 0 Å². The molecule has 6 heteroatoms. The van der Waals surface area contributed by atoms with E-state index in [1.54, 1.807) is 13.8 Å². The second kappa shape index (κ2) is 7.44. The van der Waals surface area contributed by atoms with Crippen LogP contribution in [0.1, 0.15) is 20.3 Å². The third-order valence-corrected chi connectivity index (χ3v) is 2.69. The average Bonchev–Trinajstić information content (AvgIpc) is 2.15. The van der Waals surface area contributed by atoms with Gasteiger partial charge in [-0.3, -0.25) is 4.79 Å². The lowest BCUT2D eigenvalue weighted by atomic mass is 10.2. The molecule has 0 aliphatic heterocycles. The molecule has 0 aromatic heterocycles. The van der Waals surface area contributed by atoms with Crippen molar-refractivity contribution in [1.82, 2.24) is 0 Å². The SMILES string of the molecule is CCOC(=O)CC(O[Si](C)(C)C)C(=O)OCC. The van der Waals surface area contributed by atoms with Crippen LogP contribution < -0.4 is 0 Å². The van der Waals surface area contributed by atoms with Crippen LogP contribution in [0.4, 0.5) is 0 Å². The molecular weight excluding hydrogens is 240 g/mol. The van der Waals surface area contributed by atoms with Gasteiger partial charge < -0.3 is 13.9 Å². The Morgan fingerprint density at radius 2 is 1.59 bits per heavy atom. The van der Waals surface area contributed by atoms with Crippen LogP contribution in [-0.4, -0.2) is 39.6 Å². The molecule has 0 bridgehead atoms. The van der Waals surface area contributed by atoms with Crippen LogP contribution in [0.15, 0.2) is 0 Å². The van der Waals surface area contributed by atoms with E-state index in [2.05, 4.69) is 0 Å². The fraction of sp³-hybridized carbons (Fsp3) is 0.818. The molecule has 0 spiro atoms. The minimum atomic E-state index is -1.91. The molecule has 17 heavy (non-hydrogen) atoms. The Hall–Kier alpha value is -0.883. The average molecular weight is 262 g/mol. The molecule has 0 N–H and O–H groups in total. The molecule has 0 aromatic rings. The molecule has 1 unspecified atom stereocenters. The highest BCUT2D eigenvalue weighted by Gasteiger charge is 2.30. The number of esters is 2. The van der Waals surface area contributed by atoms with Crippen LogP contribution in [0.5, 0.6) is 0 Å². The number of ether oxygens (including phenoxy) is 2. The number of carbonyl (C=O) groups excluding carboxylic acids is 2. The van der Waals surface area contributed by atoms with E-state index in [0.29, 0.717) is 6.61 Å². The van der Waals surface area contributed by atoms with Gasteiger partial charge in [-0.2, -0.15) is 0 Å². The van der Waals surface area contributed by atoms with Gasteiger partial charge in [-0.1, -0.05) is 0 Å². The van der Waals surface area contributed by atoms with Crippen molar-refractivity contribution in [2.45, 2.75) is 46.0 Å². The van der Waals surface area contributed by atoms with Crippen molar-refractivity contribution in [3.05, 3.63) is 0 Å². The van der Waals surface area contributed by atoms with Gasteiger partial charge in [0.25, 0.3) is 0 Å². The minimum Gasteiger partial charge on any atom is -0.466 e. The lowest BCUT2D eigenvalue weighted by molar-refractivity contribution is -0.158. The third-order valence-electron chi connectivity index (χ3n) is 1.70. The summed E-state index contributed by atoms with van der Waals surface area (Å²) in [5.41, 5.74) is 0. The Morgan fingerprint density at radius 1 is 1.06 bits per heavy atom. The van der Waals surface area contributed by atoms with E-state index in [0.717, 1.165) is 0 Å². The van der Waals surface area contributed by atoms with Crippen LogP contribution in [0.3, 0.4) is 0 Å². The fourth-order valence-corrected chi connectivity index (χ4v) is 2.24. The predicted molar refractivity (Wildman–Crippen MR) is 66.1 cm³/mol. The highest BCUT2D eigenvalue weighted by molar-refractivity contribution is 6.69. The summed E-state index contributed by atoms with van der Waals surface area (Å²) in [6, 6.07) is 0. The van der Waals surface area contributed by atoms with Crippen LogP contribution in [0, 0.1) is 0 Å². The number of hydrogen-bond acceptors (Lipinski definition) is 5. The molecule has 0 amide bonds. The molecule has 1 atom stereocenters. The summed E-state index contributed by atoms with van der Waals surface area (Å²) in [6.45, 7) is 9.85. The van der Waals surface area contributed by atoms with Gasteiger partial charge in [-0.05, 0) is 33.5 Å².